The average molecular weight is 448 g/mol. The Hall–Kier alpha value is -3.61. The molecule has 2 N–H and O–H groups in total. The Morgan fingerprint density at radius 1 is 1.00 bits per heavy atom. The van der Waals surface area contributed by atoms with E-state index in [0.29, 0.717) is 22.8 Å². The minimum Gasteiger partial charge on any atom is -0.486 e. The zero-order valence-corrected chi connectivity index (χ0v) is 18.8. The highest BCUT2D eigenvalue weighted by Crippen LogP contribution is 2.20. The fourth-order valence-corrected chi connectivity index (χ4v) is 3.99. The molecule has 1 aromatic heterocycles. The Bertz CT molecular complexity index is 1080. The second-order valence-electron chi connectivity index (χ2n) is 8.42. The Balaban J connectivity index is 1.27. The third kappa shape index (κ3) is 6.22. The van der Waals surface area contributed by atoms with Gasteiger partial charge in [-0.05, 0) is 55.7 Å². The number of carbonyl (C=O) groups excluding carboxylic acids is 2. The van der Waals surface area contributed by atoms with Crippen molar-refractivity contribution >= 4 is 17.5 Å². The predicted octanol–water partition coefficient (Wildman–Crippen LogP) is 5.27. The standard InChI is InChI=1S/C26H29N3O4/c1-18-8-6-7-11-23(18)25(30)27-20-12-14-21(15-13-20)32-17-22-16-24(29-33-22)26(31)28-19-9-4-2-3-5-10-19/h6-8,11-16,19H,2-5,9-10,17H2,1H3,(H,27,30)(H,28,31). The van der Waals surface area contributed by atoms with E-state index in [9.17, 15) is 9.59 Å². The van der Waals surface area contributed by atoms with Crippen molar-refractivity contribution in [1.29, 1.82) is 0 Å². The summed E-state index contributed by atoms with van der Waals surface area (Å²) in [6.45, 7) is 2.06. The molecule has 1 heterocycles. The first-order valence-electron chi connectivity index (χ1n) is 11.4. The second-order valence-corrected chi connectivity index (χ2v) is 8.42. The lowest BCUT2D eigenvalue weighted by atomic mass is 10.1. The molecule has 7 heteroatoms. The van der Waals surface area contributed by atoms with Crippen LogP contribution in [-0.4, -0.2) is 23.0 Å². The number of carbonyl (C=O) groups is 2. The van der Waals surface area contributed by atoms with Crippen molar-refractivity contribution in [1.82, 2.24) is 10.5 Å². The molecule has 0 spiro atoms. The van der Waals surface area contributed by atoms with Crippen molar-refractivity contribution in [2.24, 2.45) is 0 Å². The number of nitrogens with zero attached hydrogens (tertiary/aromatic N) is 1. The molecule has 0 unspecified atom stereocenters. The minimum atomic E-state index is -0.203. The van der Waals surface area contributed by atoms with Crippen LogP contribution in [0.4, 0.5) is 5.69 Å². The van der Waals surface area contributed by atoms with Crippen molar-refractivity contribution in [3.8, 4) is 5.75 Å². The van der Waals surface area contributed by atoms with Crippen LogP contribution >= 0.6 is 0 Å². The molecular weight excluding hydrogens is 418 g/mol. The number of amides is 2. The molecule has 1 saturated carbocycles. The van der Waals surface area contributed by atoms with Gasteiger partial charge in [0.1, 0.15) is 12.4 Å². The molecule has 1 aliphatic carbocycles. The normalized spacial score (nSPS) is 14.3. The van der Waals surface area contributed by atoms with Gasteiger partial charge in [-0.15, -0.1) is 0 Å². The summed E-state index contributed by atoms with van der Waals surface area (Å²) >= 11 is 0. The maximum Gasteiger partial charge on any atom is 0.273 e. The van der Waals surface area contributed by atoms with Gasteiger partial charge in [0.05, 0.1) is 0 Å². The topological polar surface area (TPSA) is 93.5 Å². The van der Waals surface area contributed by atoms with Crippen LogP contribution in [0.5, 0.6) is 5.75 Å². The highest BCUT2D eigenvalue weighted by Gasteiger charge is 2.19. The molecule has 172 valence electrons. The van der Waals surface area contributed by atoms with Gasteiger partial charge in [-0.2, -0.15) is 0 Å². The molecular formula is C26H29N3O4. The summed E-state index contributed by atoms with van der Waals surface area (Å²) in [5.41, 5.74) is 2.51. The van der Waals surface area contributed by atoms with E-state index < -0.39 is 0 Å². The molecule has 7 nitrogen and oxygen atoms in total. The molecule has 4 rings (SSSR count). The number of nitrogens with one attached hydrogen (secondary N) is 2. The number of ether oxygens (including phenoxy) is 1. The molecule has 0 atom stereocenters. The molecule has 3 aromatic rings. The molecule has 0 aliphatic heterocycles. The summed E-state index contributed by atoms with van der Waals surface area (Å²) in [6.07, 6.45) is 6.80. The van der Waals surface area contributed by atoms with Crippen molar-refractivity contribution in [3.63, 3.8) is 0 Å². The quantitative estimate of drug-likeness (QED) is 0.482. The second kappa shape index (κ2) is 10.8. The fraction of sp³-hybridized carbons (Fsp3) is 0.346. The number of aromatic nitrogens is 1. The van der Waals surface area contributed by atoms with Gasteiger partial charge in [0, 0.05) is 23.4 Å². The molecule has 2 aromatic carbocycles. The van der Waals surface area contributed by atoms with Gasteiger partial charge in [-0.25, -0.2) is 0 Å². The van der Waals surface area contributed by atoms with Crippen molar-refractivity contribution in [2.75, 3.05) is 5.32 Å². The molecule has 2 amide bonds. The predicted molar refractivity (Wildman–Crippen MR) is 125 cm³/mol. The highest BCUT2D eigenvalue weighted by atomic mass is 16.5. The Labute approximate surface area is 193 Å². The highest BCUT2D eigenvalue weighted by molar-refractivity contribution is 6.05. The van der Waals surface area contributed by atoms with Gasteiger partial charge in [0.25, 0.3) is 11.8 Å². The smallest absolute Gasteiger partial charge is 0.273 e. The molecule has 33 heavy (non-hydrogen) atoms. The number of rotatable bonds is 7. The van der Waals surface area contributed by atoms with Crippen LogP contribution in [0.15, 0.2) is 59.1 Å². The SMILES string of the molecule is Cc1ccccc1C(=O)Nc1ccc(OCc2cc(C(=O)NC3CCCCCC3)no2)cc1. The summed E-state index contributed by atoms with van der Waals surface area (Å²) in [5, 5.41) is 9.83. The van der Waals surface area contributed by atoms with Gasteiger partial charge in [0.2, 0.25) is 0 Å². The third-order valence-corrected chi connectivity index (χ3v) is 5.86. The van der Waals surface area contributed by atoms with Gasteiger partial charge in [-0.3, -0.25) is 9.59 Å². The van der Waals surface area contributed by atoms with Crippen LogP contribution in [-0.2, 0) is 6.61 Å². The number of hydrogen-bond acceptors (Lipinski definition) is 5. The van der Waals surface area contributed by atoms with Crippen molar-refractivity contribution in [2.45, 2.75) is 58.1 Å². The van der Waals surface area contributed by atoms with Crippen LogP contribution in [0.2, 0.25) is 0 Å². The lowest BCUT2D eigenvalue weighted by Gasteiger charge is -2.14. The van der Waals surface area contributed by atoms with E-state index in [1.807, 2.05) is 25.1 Å². The van der Waals surface area contributed by atoms with Crippen LogP contribution < -0.4 is 15.4 Å². The Morgan fingerprint density at radius 2 is 1.73 bits per heavy atom. The van der Waals surface area contributed by atoms with E-state index >= 15 is 0 Å². The van der Waals surface area contributed by atoms with E-state index in [2.05, 4.69) is 15.8 Å². The minimum absolute atomic E-state index is 0.151. The van der Waals surface area contributed by atoms with Gasteiger partial charge >= 0.3 is 0 Å². The number of aryl methyl sites for hydroxylation is 1. The van der Waals surface area contributed by atoms with Crippen LogP contribution in [0, 0.1) is 6.92 Å². The van der Waals surface area contributed by atoms with E-state index in [1.165, 1.54) is 12.8 Å². The first kappa shape index (κ1) is 22.6. The summed E-state index contributed by atoms with van der Waals surface area (Å²) in [6, 6.07) is 16.4. The lowest BCUT2D eigenvalue weighted by molar-refractivity contribution is 0.0923. The zero-order valence-electron chi connectivity index (χ0n) is 18.8. The molecule has 0 saturated heterocycles. The number of anilines is 1. The maximum atomic E-state index is 12.5. The first-order chi connectivity index (χ1) is 16.1. The third-order valence-electron chi connectivity index (χ3n) is 5.86. The lowest BCUT2D eigenvalue weighted by Crippen LogP contribution is -2.34. The van der Waals surface area contributed by atoms with Gasteiger partial charge in [0.15, 0.2) is 11.5 Å². The van der Waals surface area contributed by atoms with E-state index in [4.69, 9.17) is 9.26 Å². The first-order valence-corrected chi connectivity index (χ1v) is 11.4. The van der Waals surface area contributed by atoms with Gasteiger partial charge < -0.3 is 19.9 Å². The Morgan fingerprint density at radius 3 is 2.45 bits per heavy atom. The van der Waals surface area contributed by atoms with Crippen LogP contribution in [0.1, 0.15) is 70.7 Å². The Kier molecular flexibility index (Phi) is 7.40. The molecule has 0 radical (unpaired) electrons. The largest absolute Gasteiger partial charge is 0.486 e. The monoisotopic (exact) mass is 447 g/mol. The van der Waals surface area contributed by atoms with Crippen molar-refractivity contribution in [3.05, 3.63) is 77.2 Å². The summed E-state index contributed by atoms with van der Waals surface area (Å²) in [5.74, 6) is 0.728. The number of benzene rings is 2. The zero-order chi connectivity index (χ0) is 23.0. The summed E-state index contributed by atoms with van der Waals surface area (Å²) in [7, 11) is 0. The molecule has 1 aliphatic rings. The average Bonchev–Trinajstić information content (AvgIpc) is 3.16. The van der Waals surface area contributed by atoms with E-state index in [-0.39, 0.29) is 30.2 Å². The molecule has 1 fully saturated rings. The van der Waals surface area contributed by atoms with Gasteiger partial charge in [-0.1, -0.05) is 49.0 Å². The van der Waals surface area contributed by atoms with E-state index in [0.717, 1.165) is 31.2 Å². The summed E-state index contributed by atoms with van der Waals surface area (Å²) in [4.78, 5) is 24.9. The van der Waals surface area contributed by atoms with Crippen molar-refractivity contribution < 1.29 is 18.8 Å². The summed E-state index contributed by atoms with van der Waals surface area (Å²) < 4.78 is 11.0. The molecule has 0 bridgehead atoms. The fourth-order valence-electron chi connectivity index (χ4n) is 3.99. The maximum absolute atomic E-state index is 12.5. The van der Waals surface area contributed by atoms with Crippen LogP contribution in [0.3, 0.4) is 0 Å². The van der Waals surface area contributed by atoms with Crippen LogP contribution in [0.25, 0.3) is 0 Å². The van der Waals surface area contributed by atoms with E-state index in [1.54, 1.807) is 36.4 Å². The number of hydrogen-bond donors (Lipinski definition) is 2.